The van der Waals surface area contributed by atoms with Gasteiger partial charge in [0, 0.05) is 19.7 Å². The summed E-state index contributed by atoms with van der Waals surface area (Å²) in [5.41, 5.74) is -0.677. The Kier molecular flexibility index (Phi) is 5.22. The van der Waals surface area contributed by atoms with E-state index in [1.807, 2.05) is 13.8 Å². The van der Waals surface area contributed by atoms with E-state index in [1.54, 1.807) is 7.11 Å². The molecule has 0 spiro atoms. The quantitative estimate of drug-likeness (QED) is 0.714. The average Bonchev–Trinajstić information content (AvgIpc) is 2.80. The Morgan fingerprint density at radius 1 is 1.62 bits per heavy atom. The Labute approximate surface area is 98.1 Å². The molecule has 4 nitrogen and oxygen atoms in total. The third-order valence-electron chi connectivity index (χ3n) is 3.55. The zero-order valence-electron chi connectivity index (χ0n) is 10.6. The molecule has 1 fully saturated rings. The van der Waals surface area contributed by atoms with Crippen LogP contribution in [0.1, 0.15) is 39.5 Å². The molecule has 0 radical (unpaired) electrons. The van der Waals surface area contributed by atoms with Crippen molar-refractivity contribution < 1.29 is 9.53 Å². The Bertz CT molecular complexity index is 221. The molecule has 1 aliphatic rings. The fourth-order valence-corrected chi connectivity index (χ4v) is 1.95. The van der Waals surface area contributed by atoms with Gasteiger partial charge in [0.15, 0.2) is 0 Å². The van der Waals surface area contributed by atoms with Crippen molar-refractivity contribution in [3.63, 3.8) is 0 Å². The predicted molar refractivity (Wildman–Crippen MR) is 64.4 cm³/mol. The van der Waals surface area contributed by atoms with E-state index in [9.17, 15) is 4.79 Å². The number of ether oxygens (including phenoxy) is 1. The van der Waals surface area contributed by atoms with Crippen LogP contribution in [0.5, 0.6) is 0 Å². The van der Waals surface area contributed by atoms with Gasteiger partial charge in [-0.1, -0.05) is 6.92 Å². The Balaban J connectivity index is 2.23. The molecule has 0 bridgehead atoms. The fraction of sp³-hybridized carbons (Fsp3) is 0.917. The van der Waals surface area contributed by atoms with Crippen LogP contribution in [0, 0.1) is 0 Å². The molecule has 0 aliphatic carbocycles. The maximum atomic E-state index is 11.8. The second-order valence-corrected chi connectivity index (χ2v) is 4.63. The SMILES string of the molecule is CCC(C)(OC)C(=O)NCCC1CCCN1. The number of carbonyl (C=O) groups excluding carboxylic acids is 1. The third kappa shape index (κ3) is 3.46. The van der Waals surface area contributed by atoms with Crippen molar-refractivity contribution in [2.24, 2.45) is 0 Å². The molecule has 2 N–H and O–H groups in total. The lowest BCUT2D eigenvalue weighted by molar-refractivity contribution is -0.141. The van der Waals surface area contributed by atoms with E-state index in [-0.39, 0.29) is 5.91 Å². The molecule has 0 aromatic carbocycles. The van der Waals surface area contributed by atoms with Gasteiger partial charge in [0.05, 0.1) is 0 Å². The van der Waals surface area contributed by atoms with Gasteiger partial charge in [0.2, 0.25) is 0 Å². The molecule has 0 saturated carbocycles. The summed E-state index contributed by atoms with van der Waals surface area (Å²) in [6.45, 7) is 5.64. The molecule has 1 amide bonds. The molecule has 1 rings (SSSR count). The van der Waals surface area contributed by atoms with Crippen LogP contribution in [0.4, 0.5) is 0 Å². The van der Waals surface area contributed by atoms with E-state index < -0.39 is 5.60 Å². The van der Waals surface area contributed by atoms with Crippen molar-refractivity contribution in [2.75, 3.05) is 20.2 Å². The lowest BCUT2D eigenvalue weighted by atomic mass is 10.0. The summed E-state index contributed by atoms with van der Waals surface area (Å²) < 4.78 is 5.24. The lowest BCUT2D eigenvalue weighted by Crippen LogP contribution is -2.46. The minimum atomic E-state index is -0.677. The van der Waals surface area contributed by atoms with Crippen molar-refractivity contribution >= 4 is 5.91 Å². The van der Waals surface area contributed by atoms with Crippen LogP contribution in [0.2, 0.25) is 0 Å². The highest BCUT2D eigenvalue weighted by Gasteiger charge is 2.30. The van der Waals surface area contributed by atoms with E-state index in [2.05, 4.69) is 10.6 Å². The summed E-state index contributed by atoms with van der Waals surface area (Å²) in [6.07, 6.45) is 4.18. The first-order valence-electron chi connectivity index (χ1n) is 6.19. The lowest BCUT2D eigenvalue weighted by Gasteiger charge is -2.25. The Morgan fingerprint density at radius 2 is 2.38 bits per heavy atom. The van der Waals surface area contributed by atoms with E-state index in [1.165, 1.54) is 12.8 Å². The first-order valence-corrected chi connectivity index (χ1v) is 6.19. The number of nitrogens with one attached hydrogen (secondary N) is 2. The van der Waals surface area contributed by atoms with Crippen LogP contribution in [0.25, 0.3) is 0 Å². The largest absolute Gasteiger partial charge is 0.369 e. The minimum Gasteiger partial charge on any atom is -0.369 e. The van der Waals surface area contributed by atoms with Gasteiger partial charge in [0.1, 0.15) is 5.60 Å². The molecule has 2 atom stereocenters. The van der Waals surface area contributed by atoms with Gasteiger partial charge in [-0.3, -0.25) is 4.79 Å². The van der Waals surface area contributed by atoms with Crippen molar-refractivity contribution in [3.8, 4) is 0 Å². The maximum absolute atomic E-state index is 11.8. The first kappa shape index (κ1) is 13.5. The molecule has 1 aliphatic heterocycles. The highest BCUT2D eigenvalue weighted by Crippen LogP contribution is 2.14. The Hall–Kier alpha value is -0.610. The summed E-state index contributed by atoms with van der Waals surface area (Å²) in [4.78, 5) is 11.8. The van der Waals surface area contributed by atoms with E-state index >= 15 is 0 Å². The zero-order valence-corrected chi connectivity index (χ0v) is 10.6. The van der Waals surface area contributed by atoms with Crippen molar-refractivity contribution in [2.45, 2.75) is 51.2 Å². The average molecular weight is 228 g/mol. The van der Waals surface area contributed by atoms with Gasteiger partial charge in [-0.2, -0.15) is 0 Å². The molecule has 2 unspecified atom stereocenters. The number of hydrogen-bond donors (Lipinski definition) is 2. The molecule has 1 saturated heterocycles. The normalized spacial score (nSPS) is 24.1. The topological polar surface area (TPSA) is 50.4 Å². The second-order valence-electron chi connectivity index (χ2n) is 4.63. The van der Waals surface area contributed by atoms with Crippen LogP contribution < -0.4 is 10.6 Å². The van der Waals surface area contributed by atoms with Gasteiger partial charge in [-0.15, -0.1) is 0 Å². The third-order valence-corrected chi connectivity index (χ3v) is 3.55. The van der Waals surface area contributed by atoms with Gasteiger partial charge < -0.3 is 15.4 Å². The molecular weight excluding hydrogens is 204 g/mol. The standard InChI is InChI=1S/C12H24N2O2/c1-4-12(2,16-3)11(15)14-9-7-10-6-5-8-13-10/h10,13H,4-9H2,1-3H3,(H,14,15). The maximum Gasteiger partial charge on any atom is 0.251 e. The van der Waals surface area contributed by atoms with Crippen molar-refractivity contribution in [1.82, 2.24) is 10.6 Å². The van der Waals surface area contributed by atoms with Crippen LogP contribution in [0.15, 0.2) is 0 Å². The monoisotopic (exact) mass is 228 g/mol. The number of methoxy groups -OCH3 is 1. The highest BCUT2D eigenvalue weighted by atomic mass is 16.5. The summed E-state index contributed by atoms with van der Waals surface area (Å²) >= 11 is 0. The van der Waals surface area contributed by atoms with E-state index in [0.717, 1.165) is 19.5 Å². The van der Waals surface area contributed by atoms with Crippen LogP contribution >= 0.6 is 0 Å². The van der Waals surface area contributed by atoms with E-state index in [4.69, 9.17) is 4.74 Å². The second kappa shape index (κ2) is 6.21. The van der Waals surface area contributed by atoms with Crippen LogP contribution in [-0.4, -0.2) is 37.7 Å². The predicted octanol–water partition coefficient (Wildman–Crippen LogP) is 1.06. The van der Waals surface area contributed by atoms with Crippen molar-refractivity contribution in [3.05, 3.63) is 0 Å². The number of carbonyl (C=O) groups is 1. The highest BCUT2D eigenvalue weighted by molar-refractivity contribution is 5.84. The molecule has 94 valence electrons. The molecule has 0 aromatic heterocycles. The molecular formula is C12H24N2O2. The minimum absolute atomic E-state index is 0.00417. The van der Waals surface area contributed by atoms with Gasteiger partial charge >= 0.3 is 0 Å². The zero-order chi connectivity index (χ0) is 12.0. The molecule has 0 aromatic rings. The molecule has 4 heteroatoms. The summed E-state index contributed by atoms with van der Waals surface area (Å²) in [5.74, 6) is -0.00417. The molecule has 16 heavy (non-hydrogen) atoms. The number of hydrogen-bond acceptors (Lipinski definition) is 3. The number of amides is 1. The van der Waals surface area contributed by atoms with Crippen molar-refractivity contribution in [1.29, 1.82) is 0 Å². The summed E-state index contributed by atoms with van der Waals surface area (Å²) in [5, 5.41) is 6.36. The number of rotatable bonds is 6. The van der Waals surface area contributed by atoms with Gasteiger partial charge in [0.25, 0.3) is 5.91 Å². The first-order chi connectivity index (χ1) is 7.62. The van der Waals surface area contributed by atoms with Crippen LogP contribution in [-0.2, 0) is 9.53 Å². The smallest absolute Gasteiger partial charge is 0.251 e. The van der Waals surface area contributed by atoms with Gasteiger partial charge in [-0.05, 0) is 39.2 Å². The van der Waals surface area contributed by atoms with E-state index in [0.29, 0.717) is 12.5 Å². The summed E-state index contributed by atoms with van der Waals surface area (Å²) in [7, 11) is 1.58. The van der Waals surface area contributed by atoms with Gasteiger partial charge in [-0.25, -0.2) is 0 Å². The Morgan fingerprint density at radius 3 is 2.88 bits per heavy atom. The van der Waals surface area contributed by atoms with Crippen LogP contribution in [0.3, 0.4) is 0 Å². The fourth-order valence-electron chi connectivity index (χ4n) is 1.95. The summed E-state index contributed by atoms with van der Waals surface area (Å²) in [6, 6.07) is 0.579. The molecule has 1 heterocycles.